The average Bonchev–Trinajstić information content (AvgIpc) is 2.27. The molecule has 1 rings (SSSR count). The zero-order chi connectivity index (χ0) is 14.0. The molecule has 0 aliphatic heterocycles. The molecule has 0 radical (unpaired) electrons. The van der Waals surface area contributed by atoms with Crippen molar-refractivity contribution in [3.8, 4) is 12.3 Å². The van der Waals surface area contributed by atoms with E-state index in [2.05, 4.69) is 11.2 Å². The standard InChI is InChI=1S/C14H16F3N/c1-5-13(3,4)18-10(2)11-6-8-12(9-7-11)14(15,16)17/h1,6-10,18H,2-4H3. The Hall–Kier alpha value is -1.47. The first-order valence-corrected chi connectivity index (χ1v) is 5.58. The minimum atomic E-state index is -4.30. The lowest BCUT2D eigenvalue weighted by molar-refractivity contribution is -0.137. The molecule has 0 saturated heterocycles. The van der Waals surface area contributed by atoms with E-state index in [1.54, 1.807) is 0 Å². The molecule has 0 spiro atoms. The molecule has 0 amide bonds. The number of rotatable bonds is 3. The van der Waals surface area contributed by atoms with E-state index < -0.39 is 17.3 Å². The van der Waals surface area contributed by atoms with Crippen LogP contribution in [-0.2, 0) is 6.18 Å². The summed E-state index contributed by atoms with van der Waals surface area (Å²) in [5.74, 6) is 2.59. The molecule has 1 unspecified atom stereocenters. The van der Waals surface area contributed by atoms with Crippen LogP contribution in [0.2, 0.25) is 0 Å². The highest BCUT2D eigenvalue weighted by molar-refractivity contribution is 5.27. The molecule has 1 nitrogen and oxygen atoms in total. The zero-order valence-corrected chi connectivity index (χ0v) is 10.6. The second kappa shape index (κ2) is 5.03. The van der Waals surface area contributed by atoms with Crippen LogP contribution in [0.25, 0.3) is 0 Å². The molecule has 1 atom stereocenters. The molecule has 1 N–H and O–H groups in total. The Morgan fingerprint density at radius 3 is 2.06 bits per heavy atom. The van der Waals surface area contributed by atoms with Crippen molar-refractivity contribution in [3.63, 3.8) is 0 Å². The molecule has 98 valence electrons. The highest BCUT2D eigenvalue weighted by atomic mass is 19.4. The van der Waals surface area contributed by atoms with Gasteiger partial charge in [0.1, 0.15) is 0 Å². The highest BCUT2D eigenvalue weighted by Crippen LogP contribution is 2.30. The normalized spacial score (nSPS) is 14.1. The second-order valence-corrected chi connectivity index (χ2v) is 4.76. The van der Waals surface area contributed by atoms with Crippen molar-refractivity contribution in [2.24, 2.45) is 0 Å². The minimum Gasteiger partial charge on any atom is -0.295 e. The predicted octanol–water partition coefficient (Wildman–Crippen LogP) is 3.77. The van der Waals surface area contributed by atoms with Crippen LogP contribution in [0.5, 0.6) is 0 Å². The molecule has 4 heteroatoms. The molecule has 1 aromatic rings. The summed E-state index contributed by atoms with van der Waals surface area (Å²) < 4.78 is 37.2. The summed E-state index contributed by atoms with van der Waals surface area (Å²) in [6, 6.07) is 4.98. The number of hydrogen-bond donors (Lipinski definition) is 1. The van der Waals surface area contributed by atoms with E-state index in [0.717, 1.165) is 17.7 Å². The van der Waals surface area contributed by atoms with E-state index in [1.165, 1.54) is 12.1 Å². The lowest BCUT2D eigenvalue weighted by Gasteiger charge is -2.25. The first-order chi connectivity index (χ1) is 8.15. The van der Waals surface area contributed by atoms with Crippen molar-refractivity contribution in [2.45, 2.75) is 38.5 Å². The van der Waals surface area contributed by atoms with Crippen LogP contribution in [0.4, 0.5) is 13.2 Å². The monoisotopic (exact) mass is 255 g/mol. The Labute approximate surface area is 105 Å². The molecule has 0 saturated carbocycles. The summed E-state index contributed by atoms with van der Waals surface area (Å²) in [5, 5.41) is 3.16. The van der Waals surface area contributed by atoms with Crippen LogP contribution < -0.4 is 5.32 Å². The SMILES string of the molecule is C#CC(C)(C)NC(C)c1ccc(C(F)(F)F)cc1. The molecule has 0 aliphatic rings. The number of nitrogens with one attached hydrogen (secondary N) is 1. The van der Waals surface area contributed by atoms with Crippen LogP contribution >= 0.6 is 0 Å². The third kappa shape index (κ3) is 3.78. The summed E-state index contributed by atoms with van der Waals surface area (Å²) in [6.45, 7) is 5.54. The molecular weight excluding hydrogens is 239 g/mol. The number of benzene rings is 1. The van der Waals surface area contributed by atoms with Gasteiger partial charge in [-0.2, -0.15) is 13.2 Å². The quantitative estimate of drug-likeness (QED) is 0.811. The average molecular weight is 255 g/mol. The number of halogens is 3. The first kappa shape index (κ1) is 14.6. The van der Waals surface area contributed by atoms with E-state index in [-0.39, 0.29) is 6.04 Å². The molecule has 1 aromatic carbocycles. The third-order valence-corrected chi connectivity index (χ3v) is 2.68. The van der Waals surface area contributed by atoms with Gasteiger partial charge in [-0.15, -0.1) is 6.42 Å². The van der Waals surface area contributed by atoms with Crippen molar-refractivity contribution >= 4 is 0 Å². The van der Waals surface area contributed by atoms with Crippen molar-refractivity contribution in [1.29, 1.82) is 0 Å². The predicted molar refractivity (Wildman–Crippen MR) is 65.9 cm³/mol. The van der Waals surface area contributed by atoms with Crippen LogP contribution in [0, 0.1) is 12.3 Å². The topological polar surface area (TPSA) is 12.0 Å². The van der Waals surface area contributed by atoms with Crippen molar-refractivity contribution in [3.05, 3.63) is 35.4 Å². The van der Waals surface area contributed by atoms with Crippen molar-refractivity contribution in [1.82, 2.24) is 5.32 Å². The molecule has 0 aromatic heterocycles. The Morgan fingerprint density at radius 1 is 1.17 bits per heavy atom. The van der Waals surface area contributed by atoms with Crippen LogP contribution in [0.15, 0.2) is 24.3 Å². The van der Waals surface area contributed by atoms with Crippen molar-refractivity contribution in [2.75, 3.05) is 0 Å². The highest BCUT2D eigenvalue weighted by Gasteiger charge is 2.30. The molecule has 18 heavy (non-hydrogen) atoms. The molecular formula is C14H16F3N. The summed E-state index contributed by atoms with van der Waals surface area (Å²) >= 11 is 0. The first-order valence-electron chi connectivity index (χ1n) is 5.58. The smallest absolute Gasteiger partial charge is 0.295 e. The number of hydrogen-bond acceptors (Lipinski definition) is 1. The molecule has 0 heterocycles. The van der Waals surface area contributed by atoms with Gasteiger partial charge in [0.2, 0.25) is 0 Å². The Bertz CT molecular complexity index is 438. The van der Waals surface area contributed by atoms with E-state index in [4.69, 9.17) is 6.42 Å². The lowest BCUT2D eigenvalue weighted by Crippen LogP contribution is -2.39. The van der Waals surface area contributed by atoms with Crippen LogP contribution in [0.1, 0.15) is 37.9 Å². The lowest BCUT2D eigenvalue weighted by atomic mass is 10.0. The molecule has 0 aliphatic carbocycles. The maximum Gasteiger partial charge on any atom is 0.416 e. The third-order valence-electron chi connectivity index (χ3n) is 2.68. The van der Waals surface area contributed by atoms with Crippen LogP contribution in [-0.4, -0.2) is 5.54 Å². The Morgan fingerprint density at radius 2 is 1.67 bits per heavy atom. The number of terminal acetylenes is 1. The molecule has 0 bridgehead atoms. The van der Waals surface area contributed by atoms with Gasteiger partial charge in [-0.1, -0.05) is 18.1 Å². The number of alkyl halides is 3. The maximum absolute atomic E-state index is 12.4. The van der Waals surface area contributed by atoms with Crippen molar-refractivity contribution < 1.29 is 13.2 Å². The Kier molecular flexibility index (Phi) is 4.08. The van der Waals surface area contributed by atoms with E-state index in [0.29, 0.717) is 0 Å². The maximum atomic E-state index is 12.4. The summed E-state index contributed by atoms with van der Waals surface area (Å²) in [7, 11) is 0. The molecule has 0 fully saturated rings. The van der Waals surface area contributed by atoms with Gasteiger partial charge in [-0.25, -0.2) is 0 Å². The van der Waals surface area contributed by atoms with E-state index in [1.807, 2.05) is 20.8 Å². The van der Waals surface area contributed by atoms with Gasteiger partial charge in [-0.05, 0) is 38.5 Å². The largest absolute Gasteiger partial charge is 0.416 e. The van der Waals surface area contributed by atoms with Gasteiger partial charge in [0.05, 0.1) is 11.1 Å². The fraction of sp³-hybridized carbons (Fsp3) is 0.429. The fourth-order valence-electron chi connectivity index (χ4n) is 1.63. The second-order valence-electron chi connectivity index (χ2n) is 4.76. The van der Waals surface area contributed by atoms with Gasteiger partial charge < -0.3 is 0 Å². The zero-order valence-electron chi connectivity index (χ0n) is 10.6. The van der Waals surface area contributed by atoms with Gasteiger partial charge in [0, 0.05) is 6.04 Å². The fourth-order valence-corrected chi connectivity index (χ4v) is 1.63. The van der Waals surface area contributed by atoms with Gasteiger partial charge in [-0.3, -0.25) is 5.32 Å². The minimum absolute atomic E-state index is 0.113. The van der Waals surface area contributed by atoms with Gasteiger partial charge >= 0.3 is 6.18 Å². The summed E-state index contributed by atoms with van der Waals surface area (Å²) in [4.78, 5) is 0. The van der Waals surface area contributed by atoms with Crippen LogP contribution in [0.3, 0.4) is 0 Å². The summed E-state index contributed by atoms with van der Waals surface area (Å²) in [5.41, 5.74) is -0.372. The van der Waals surface area contributed by atoms with E-state index >= 15 is 0 Å². The summed E-state index contributed by atoms with van der Waals surface area (Å²) in [6.07, 6.45) is 1.05. The van der Waals surface area contributed by atoms with Gasteiger partial charge in [0.15, 0.2) is 0 Å². The van der Waals surface area contributed by atoms with Gasteiger partial charge in [0.25, 0.3) is 0 Å². The van der Waals surface area contributed by atoms with E-state index in [9.17, 15) is 13.2 Å². The Balaban J connectivity index is 2.84.